The fourth-order valence-electron chi connectivity index (χ4n) is 2.89. The number of carbonyl (C=O) groups excluding carboxylic acids is 2. The maximum Gasteiger partial charge on any atom is 0.249 e. The van der Waals surface area contributed by atoms with Gasteiger partial charge in [0, 0.05) is 13.1 Å². The van der Waals surface area contributed by atoms with Crippen LogP contribution in [0.15, 0.2) is 60.7 Å². The highest BCUT2D eigenvalue weighted by molar-refractivity contribution is 5.89. The van der Waals surface area contributed by atoms with Gasteiger partial charge in [-0.05, 0) is 17.5 Å². The number of hydrogen-bond donors (Lipinski definition) is 1. The van der Waals surface area contributed by atoms with Crippen molar-refractivity contribution in [1.82, 2.24) is 10.2 Å². The zero-order chi connectivity index (χ0) is 17.5. The number of ether oxygens (including phenoxy) is 1. The molecule has 3 rings (SSSR count). The summed E-state index contributed by atoms with van der Waals surface area (Å²) < 4.78 is 5.30. The van der Waals surface area contributed by atoms with Crippen LogP contribution in [0.5, 0.6) is 0 Å². The molecule has 0 aliphatic carbocycles. The zero-order valence-electron chi connectivity index (χ0n) is 14.1. The van der Waals surface area contributed by atoms with E-state index in [0.29, 0.717) is 13.1 Å². The van der Waals surface area contributed by atoms with Gasteiger partial charge in [0.15, 0.2) is 0 Å². The summed E-state index contributed by atoms with van der Waals surface area (Å²) in [5.74, 6) is -0.321. The molecule has 1 saturated heterocycles. The second-order valence-electron chi connectivity index (χ2n) is 6.06. The molecule has 1 heterocycles. The zero-order valence-corrected chi connectivity index (χ0v) is 14.1. The van der Waals surface area contributed by atoms with Crippen LogP contribution in [0.3, 0.4) is 0 Å². The molecule has 2 amide bonds. The van der Waals surface area contributed by atoms with E-state index in [4.69, 9.17) is 4.74 Å². The van der Waals surface area contributed by atoms with Gasteiger partial charge in [-0.1, -0.05) is 60.7 Å². The van der Waals surface area contributed by atoms with E-state index in [0.717, 1.165) is 12.0 Å². The molecule has 25 heavy (non-hydrogen) atoms. The number of morpholine rings is 1. The summed E-state index contributed by atoms with van der Waals surface area (Å²) in [6.07, 6.45) is 0.757. The smallest absolute Gasteiger partial charge is 0.249 e. The molecule has 2 aromatic rings. The monoisotopic (exact) mass is 338 g/mol. The highest BCUT2D eigenvalue weighted by Gasteiger charge is 2.33. The van der Waals surface area contributed by atoms with Crippen molar-refractivity contribution in [1.29, 1.82) is 0 Å². The molecule has 1 N–H and O–H groups in total. The van der Waals surface area contributed by atoms with Crippen molar-refractivity contribution in [3.63, 3.8) is 0 Å². The van der Waals surface area contributed by atoms with Crippen LogP contribution in [0.2, 0.25) is 0 Å². The molecule has 0 saturated carbocycles. The molecule has 1 aliphatic rings. The number of rotatable bonds is 6. The first-order valence-corrected chi connectivity index (χ1v) is 8.47. The fourth-order valence-corrected chi connectivity index (χ4v) is 2.89. The number of amides is 2. The minimum absolute atomic E-state index is 0.0284. The number of nitrogens with zero attached hydrogens (tertiary/aromatic N) is 1. The van der Waals surface area contributed by atoms with Gasteiger partial charge < -0.3 is 15.0 Å². The van der Waals surface area contributed by atoms with Gasteiger partial charge in [0.25, 0.3) is 0 Å². The maximum absolute atomic E-state index is 12.5. The molecule has 0 spiro atoms. The van der Waals surface area contributed by atoms with E-state index in [2.05, 4.69) is 5.32 Å². The molecule has 5 nitrogen and oxygen atoms in total. The lowest BCUT2D eigenvalue weighted by molar-refractivity contribution is -0.155. The van der Waals surface area contributed by atoms with Gasteiger partial charge in [-0.3, -0.25) is 9.59 Å². The average Bonchev–Trinajstić information content (AvgIpc) is 2.65. The second-order valence-corrected chi connectivity index (χ2v) is 6.06. The summed E-state index contributed by atoms with van der Waals surface area (Å²) in [7, 11) is 0. The summed E-state index contributed by atoms with van der Waals surface area (Å²) in [4.78, 5) is 26.4. The molecule has 1 fully saturated rings. The van der Waals surface area contributed by atoms with Crippen LogP contribution in [0, 0.1) is 0 Å². The fraction of sp³-hybridized carbons (Fsp3) is 0.300. The normalized spacial score (nSPS) is 17.4. The second kappa shape index (κ2) is 8.44. The van der Waals surface area contributed by atoms with E-state index in [1.54, 1.807) is 4.90 Å². The van der Waals surface area contributed by atoms with E-state index in [1.807, 2.05) is 60.7 Å². The largest absolute Gasteiger partial charge is 0.369 e. The highest BCUT2D eigenvalue weighted by Crippen LogP contribution is 2.14. The van der Waals surface area contributed by atoms with Gasteiger partial charge in [-0.25, -0.2) is 0 Å². The van der Waals surface area contributed by atoms with Crippen LogP contribution in [0.4, 0.5) is 0 Å². The van der Waals surface area contributed by atoms with Crippen LogP contribution in [-0.2, 0) is 27.3 Å². The van der Waals surface area contributed by atoms with Crippen molar-refractivity contribution in [3.05, 3.63) is 71.8 Å². The Morgan fingerprint density at radius 1 is 1.04 bits per heavy atom. The molecule has 0 bridgehead atoms. The lowest BCUT2D eigenvalue weighted by Gasteiger charge is -2.34. The summed E-state index contributed by atoms with van der Waals surface area (Å²) in [5, 5.41) is 2.92. The highest BCUT2D eigenvalue weighted by atomic mass is 16.5. The van der Waals surface area contributed by atoms with Crippen molar-refractivity contribution < 1.29 is 14.3 Å². The first-order valence-electron chi connectivity index (χ1n) is 8.47. The Bertz CT molecular complexity index is 703. The van der Waals surface area contributed by atoms with Gasteiger partial charge in [0.1, 0.15) is 12.6 Å². The standard InChI is InChI=1S/C20H22N2O3/c23-19-15-25-14-18(22(19)13-17-9-5-2-6-10-17)20(24)21-12-11-16-7-3-1-4-8-16/h1-10,18H,11-15H2,(H,21,24)/t18-/m0/s1. The maximum atomic E-state index is 12.5. The summed E-state index contributed by atoms with van der Waals surface area (Å²) in [6.45, 7) is 1.21. The van der Waals surface area contributed by atoms with Crippen LogP contribution in [-0.4, -0.2) is 42.5 Å². The predicted molar refractivity (Wildman–Crippen MR) is 94.8 cm³/mol. The Balaban J connectivity index is 1.59. The van der Waals surface area contributed by atoms with E-state index >= 15 is 0 Å². The first kappa shape index (κ1) is 17.2. The van der Waals surface area contributed by atoms with Crippen molar-refractivity contribution in [2.45, 2.75) is 19.0 Å². The summed E-state index contributed by atoms with van der Waals surface area (Å²) >= 11 is 0. The third kappa shape index (κ3) is 4.67. The average molecular weight is 338 g/mol. The van der Waals surface area contributed by atoms with Crippen molar-refractivity contribution in [2.75, 3.05) is 19.8 Å². The van der Waals surface area contributed by atoms with Crippen LogP contribution >= 0.6 is 0 Å². The van der Waals surface area contributed by atoms with E-state index in [9.17, 15) is 9.59 Å². The molecule has 1 aliphatic heterocycles. The van der Waals surface area contributed by atoms with Gasteiger partial charge >= 0.3 is 0 Å². The minimum Gasteiger partial charge on any atom is -0.369 e. The molecule has 1 atom stereocenters. The molecule has 2 aromatic carbocycles. The lowest BCUT2D eigenvalue weighted by Crippen LogP contribution is -2.56. The van der Waals surface area contributed by atoms with Crippen molar-refractivity contribution >= 4 is 11.8 Å². The minimum atomic E-state index is -0.586. The SMILES string of the molecule is O=C(NCCc1ccccc1)[C@@H]1COCC(=O)N1Cc1ccccc1. The van der Waals surface area contributed by atoms with Crippen LogP contribution in [0.25, 0.3) is 0 Å². The Kier molecular flexibility index (Phi) is 5.80. The topological polar surface area (TPSA) is 58.6 Å². The van der Waals surface area contributed by atoms with E-state index in [-0.39, 0.29) is 25.0 Å². The molecule has 0 aromatic heterocycles. The molecule has 0 unspecified atom stereocenters. The number of hydrogen-bond acceptors (Lipinski definition) is 3. The third-order valence-corrected chi connectivity index (χ3v) is 4.25. The van der Waals surface area contributed by atoms with Crippen molar-refractivity contribution in [3.8, 4) is 0 Å². The number of carbonyl (C=O) groups is 2. The predicted octanol–water partition coefficient (Wildman–Crippen LogP) is 1.77. The number of benzene rings is 2. The van der Waals surface area contributed by atoms with Gasteiger partial charge in [-0.2, -0.15) is 0 Å². The van der Waals surface area contributed by atoms with Gasteiger partial charge in [0.05, 0.1) is 6.61 Å². The van der Waals surface area contributed by atoms with E-state index < -0.39 is 6.04 Å². The molecule has 130 valence electrons. The van der Waals surface area contributed by atoms with Gasteiger partial charge in [-0.15, -0.1) is 0 Å². The third-order valence-electron chi connectivity index (χ3n) is 4.25. The first-order chi connectivity index (χ1) is 12.2. The van der Waals surface area contributed by atoms with Crippen LogP contribution < -0.4 is 5.32 Å². The molecule has 5 heteroatoms. The molecular formula is C20H22N2O3. The molecular weight excluding hydrogens is 316 g/mol. The Hall–Kier alpha value is -2.66. The Morgan fingerprint density at radius 3 is 2.36 bits per heavy atom. The van der Waals surface area contributed by atoms with Crippen LogP contribution in [0.1, 0.15) is 11.1 Å². The van der Waals surface area contributed by atoms with Crippen molar-refractivity contribution in [2.24, 2.45) is 0 Å². The Labute approximate surface area is 147 Å². The van der Waals surface area contributed by atoms with Gasteiger partial charge in [0.2, 0.25) is 11.8 Å². The summed E-state index contributed by atoms with van der Waals surface area (Å²) in [5.41, 5.74) is 2.17. The molecule has 0 radical (unpaired) electrons. The summed E-state index contributed by atoms with van der Waals surface area (Å²) in [6, 6.07) is 19.1. The Morgan fingerprint density at radius 2 is 1.68 bits per heavy atom. The lowest BCUT2D eigenvalue weighted by atomic mass is 10.1. The van der Waals surface area contributed by atoms with E-state index in [1.165, 1.54) is 5.56 Å². The quantitative estimate of drug-likeness (QED) is 0.873. The number of nitrogens with one attached hydrogen (secondary N) is 1.